The molecule has 3 aliphatic heterocycles. The molecule has 3 aliphatic rings. The number of aliphatic hydroxyl groups excluding tert-OH is 2. The van der Waals surface area contributed by atoms with Gasteiger partial charge in [-0.1, -0.05) is 27.7 Å². The highest BCUT2D eigenvalue weighted by molar-refractivity contribution is 6.74. The van der Waals surface area contributed by atoms with Crippen LogP contribution < -0.4 is 0 Å². The summed E-state index contributed by atoms with van der Waals surface area (Å²) in [7, 11) is -2.04. The van der Waals surface area contributed by atoms with Gasteiger partial charge in [0, 0.05) is 12.5 Å². The van der Waals surface area contributed by atoms with Crippen molar-refractivity contribution in [1.29, 1.82) is 0 Å². The van der Waals surface area contributed by atoms with Crippen LogP contribution in [0.5, 0.6) is 0 Å². The van der Waals surface area contributed by atoms with Crippen LogP contribution in [0, 0.1) is 5.92 Å². The average Bonchev–Trinajstić information content (AvgIpc) is 3.14. The van der Waals surface area contributed by atoms with E-state index in [1.165, 1.54) is 0 Å². The van der Waals surface area contributed by atoms with Gasteiger partial charge in [-0.2, -0.15) is 0 Å². The summed E-state index contributed by atoms with van der Waals surface area (Å²) in [6.07, 6.45) is 1.64. The second kappa shape index (κ2) is 13.1. The maximum atomic E-state index is 11.5. The average molecular weight is 575 g/mol. The summed E-state index contributed by atoms with van der Waals surface area (Å²) in [6.45, 7) is 17.2. The monoisotopic (exact) mass is 574 g/mol. The molecule has 3 rings (SSSR count). The van der Waals surface area contributed by atoms with E-state index >= 15 is 0 Å². The number of rotatable bonds is 11. The summed E-state index contributed by atoms with van der Waals surface area (Å²) in [5.74, 6) is -1.28. The van der Waals surface area contributed by atoms with Crippen molar-refractivity contribution in [2.45, 2.75) is 166 Å². The summed E-state index contributed by atoms with van der Waals surface area (Å²) >= 11 is 0. The van der Waals surface area contributed by atoms with Crippen LogP contribution in [-0.4, -0.2) is 90.8 Å². The summed E-state index contributed by atoms with van der Waals surface area (Å²) in [5.41, 5.74) is 0. The lowest BCUT2D eigenvalue weighted by atomic mass is 9.87. The highest BCUT2D eigenvalue weighted by Gasteiger charge is 2.43. The Balaban J connectivity index is 1.55. The standard InChI is InChI=1S/C29H54O9Si/c1-18-9-10-20(15-24(31)26-17-34-29(5,6)37-26)36-25(18)12-19(30)11-21-13-23(14-22(35-21)16-27(32)33)38-39(7,8)28(2,3)4/h18-26,30-31H,9-17H2,1-8H3,(H,32,33)/t18-,19-,20-,21+,22+,23+,24+,25+,26+/m0/s1. The molecule has 0 aliphatic carbocycles. The minimum atomic E-state index is -2.04. The van der Waals surface area contributed by atoms with Gasteiger partial charge in [0.1, 0.15) is 6.10 Å². The van der Waals surface area contributed by atoms with Crippen LogP contribution in [0.3, 0.4) is 0 Å². The second-order valence-corrected chi connectivity index (χ2v) is 18.9. The second-order valence-electron chi connectivity index (χ2n) is 14.1. The number of ether oxygens (including phenoxy) is 4. The number of carbonyl (C=O) groups is 1. The van der Waals surface area contributed by atoms with Gasteiger partial charge >= 0.3 is 5.97 Å². The number of aliphatic carboxylic acids is 1. The highest BCUT2D eigenvalue weighted by Crippen LogP contribution is 2.40. The van der Waals surface area contributed by atoms with Crippen molar-refractivity contribution in [2.75, 3.05) is 6.61 Å². The minimum Gasteiger partial charge on any atom is -0.481 e. The fraction of sp³-hybridized carbons (Fsp3) is 0.966. The molecule has 0 unspecified atom stereocenters. The molecule has 0 saturated carbocycles. The molecule has 0 spiro atoms. The molecular weight excluding hydrogens is 520 g/mol. The van der Waals surface area contributed by atoms with Crippen LogP contribution >= 0.6 is 0 Å². The Labute approximate surface area is 236 Å². The zero-order valence-electron chi connectivity index (χ0n) is 25.4. The first-order valence-corrected chi connectivity index (χ1v) is 17.7. The molecule has 3 N–H and O–H groups in total. The SMILES string of the molecule is C[C@H]1CC[C@@H](C[C@@H](O)[C@H]2COC(C)(C)O2)O[C@@H]1C[C@@H](O)C[C@@H]1C[C@@H](O[Si](C)(C)C(C)(C)C)C[C@H](CC(=O)O)O1. The van der Waals surface area contributed by atoms with E-state index in [0.717, 1.165) is 12.8 Å². The Morgan fingerprint density at radius 2 is 1.69 bits per heavy atom. The molecule has 10 heteroatoms. The third-order valence-corrected chi connectivity index (χ3v) is 13.6. The van der Waals surface area contributed by atoms with Gasteiger partial charge in [0.15, 0.2) is 14.1 Å². The predicted molar refractivity (Wildman–Crippen MR) is 150 cm³/mol. The van der Waals surface area contributed by atoms with Crippen LogP contribution in [-0.2, 0) is 28.2 Å². The lowest BCUT2D eigenvalue weighted by molar-refractivity contribution is -0.160. The first-order chi connectivity index (χ1) is 17.9. The Kier molecular flexibility index (Phi) is 11.1. The zero-order valence-corrected chi connectivity index (χ0v) is 26.4. The Bertz CT molecular complexity index is 798. The van der Waals surface area contributed by atoms with Crippen molar-refractivity contribution in [2.24, 2.45) is 5.92 Å². The molecule has 3 heterocycles. The third-order valence-electron chi connectivity index (χ3n) is 9.06. The molecule has 0 radical (unpaired) electrons. The van der Waals surface area contributed by atoms with Crippen LogP contribution in [0.15, 0.2) is 0 Å². The Morgan fingerprint density at radius 3 is 2.28 bits per heavy atom. The summed E-state index contributed by atoms with van der Waals surface area (Å²) in [4.78, 5) is 11.5. The fourth-order valence-corrected chi connectivity index (χ4v) is 7.15. The maximum absolute atomic E-state index is 11.5. The van der Waals surface area contributed by atoms with Crippen molar-refractivity contribution in [1.82, 2.24) is 0 Å². The van der Waals surface area contributed by atoms with Gasteiger partial charge in [0.25, 0.3) is 0 Å². The van der Waals surface area contributed by atoms with E-state index in [9.17, 15) is 20.1 Å². The normalized spacial score (nSPS) is 35.5. The molecule has 3 saturated heterocycles. The van der Waals surface area contributed by atoms with Gasteiger partial charge in [-0.05, 0) is 76.4 Å². The van der Waals surface area contributed by atoms with Crippen LogP contribution in [0.4, 0.5) is 0 Å². The first kappa shape index (κ1) is 32.9. The summed E-state index contributed by atoms with van der Waals surface area (Å²) in [5, 5.41) is 31.3. The zero-order chi connectivity index (χ0) is 29.2. The van der Waals surface area contributed by atoms with E-state index in [1.807, 2.05) is 13.8 Å². The molecule has 0 amide bonds. The molecule has 9 nitrogen and oxygen atoms in total. The number of hydrogen-bond acceptors (Lipinski definition) is 8. The van der Waals surface area contributed by atoms with Gasteiger partial charge < -0.3 is 38.7 Å². The molecule has 0 bridgehead atoms. The molecule has 3 fully saturated rings. The van der Waals surface area contributed by atoms with E-state index in [1.54, 1.807) is 0 Å². The molecule has 0 aromatic rings. The predicted octanol–water partition coefficient (Wildman–Crippen LogP) is 4.63. The van der Waals surface area contributed by atoms with Crippen LogP contribution in [0.2, 0.25) is 18.1 Å². The van der Waals surface area contributed by atoms with E-state index in [4.69, 9.17) is 23.4 Å². The van der Waals surface area contributed by atoms with Crippen molar-refractivity contribution in [3.8, 4) is 0 Å². The number of carboxylic acids is 1. The molecule has 39 heavy (non-hydrogen) atoms. The fourth-order valence-electron chi connectivity index (χ4n) is 5.77. The van der Waals surface area contributed by atoms with Crippen molar-refractivity contribution < 1.29 is 43.5 Å². The Hall–Kier alpha value is -0.593. The number of carboxylic acid groups (broad SMARTS) is 1. The summed E-state index contributed by atoms with van der Waals surface area (Å²) < 4.78 is 30.6. The molecule has 0 aromatic heterocycles. The smallest absolute Gasteiger partial charge is 0.305 e. The lowest BCUT2D eigenvalue weighted by Crippen LogP contribution is -2.48. The largest absolute Gasteiger partial charge is 0.481 e. The summed E-state index contributed by atoms with van der Waals surface area (Å²) in [6, 6.07) is 0. The van der Waals surface area contributed by atoms with Gasteiger partial charge in [0.05, 0.1) is 49.7 Å². The van der Waals surface area contributed by atoms with Crippen molar-refractivity contribution in [3.05, 3.63) is 0 Å². The van der Waals surface area contributed by atoms with E-state index in [2.05, 4.69) is 40.8 Å². The highest BCUT2D eigenvalue weighted by atomic mass is 28.4. The first-order valence-electron chi connectivity index (χ1n) is 14.8. The van der Waals surface area contributed by atoms with Crippen LogP contribution in [0.25, 0.3) is 0 Å². The van der Waals surface area contributed by atoms with Gasteiger partial charge in [0.2, 0.25) is 0 Å². The number of aliphatic hydroxyl groups is 2. The molecule has 228 valence electrons. The van der Waals surface area contributed by atoms with Crippen molar-refractivity contribution >= 4 is 14.3 Å². The van der Waals surface area contributed by atoms with Gasteiger partial charge in [-0.3, -0.25) is 4.79 Å². The van der Waals surface area contributed by atoms with E-state index in [0.29, 0.717) is 44.6 Å². The molecule has 9 atom stereocenters. The van der Waals surface area contributed by atoms with Crippen molar-refractivity contribution in [3.63, 3.8) is 0 Å². The van der Waals surface area contributed by atoms with Gasteiger partial charge in [-0.15, -0.1) is 0 Å². The van der Waals surface area contributed by atoms with Gasteiger partial charge in [-0.25, -0.2) is 0 Å². The van der Waals surface area contributed by atoms with E-state index in [-0.39, 0.29) is 42.0 Å². The van der Waals surface area contributed by atoms with Crippen LogP contribution in [0.1, 0.15) is 92.9 Å². The Morgan fingerprint density at radius 1 is 1.03 bits per heavy atom. The minimum absolute atomic E-state index is 0.0499. The topological polar surface area (TPSA) is 124 Å². The molecular formula is C29H54O9Si. The quantitative estimate of drug-likeness (QED) is 0.303. The lowest BCUT2D eigenvalue weighted by Gasteiger charge is -2.43. The molecule has 0 aromatic carbocycles. The third kappa shape index (κ3) is 9.73. The number of hydrogen-bond donors (Lipinski definition) is 3. The maximum Gasteiger partial charge on any atom is 0.305 e. The van der Waals surface area contributed by atoms with E-state index < -0.39 is 38.4 Å².